The molecule has 4 heteroatoms. The van der Waals surface area contributed by atoms with Gasteiger partial charge in [0, 0.05) is 23.6 Å². The quantitative estimate of drug-likeness (QED) is 0.748. The largest absolute Gasteiger partial charge is 0.508 e. The molecule has 2 aromatic carbocycles. The smallest absolute Gasteiger partial charge is 0.274 e. The predicted molar refractivity (Wildman–Crippen MR) is 79.1 cm³/mol. The van der Waals surface area contributed by atoms with Crippen molar-refractivity contribution in [2.24, 2.45) is 0 Å². The molecule has 0 radical (unpaired) electrons. The Bertz CT molecular complexity index is 727. The van der Waals surface area contributed by atoms with Crippen LogP contribution in [0.2, 0.25) is 0 Å². The van der Waals surface area contributed by atoms with E-state index < -0.39 is 0 Å². The van der Waals surface area contributed by atoms with Crippen molar-refractivity contribution in [2.75, 3.05) is 11.9 Å². The van der Waals surface area contributed by atoms with Gasteiger partial charge in [0.2, 0.25) is 0 Å². The number of aromatic nitrogens is 1. The molecule has 0 aliphatic carbocycles. The van der Waals surface area contributed by atoms with Crippen molar-refractivity contribution in [3.63, 3.8) is 0 Å². The first kappa shape index (κ1) is 12.3. The number of fused-ring (bicyclic) bond motifs is 1. The number of para-hydroxylation sites is 1. The number of hydrogen-bond donors (Lipinski definition) is 2. The van der Waals surface area contributed by atoms with Crippen LogP contribution in [0.3, 0.4) is 0 Å². The van der Waals surface area contributed by atoms with Gasteiger partial charge in [-0.05, 0) is 36.4 Å². The molecule has 3 rings (SSSR count). The number of carbonyl (C=O) groups excluding carboxylic acids is 1. The average Bonchev–Trinajstić information content (AvgIpc) is 2.90. The number of aromatic hydroxyl groups is 1. The van der Waals surface area contributed by atoms with E-state index in [2.05, 4.69) is 4.98 Å². The van der Waals surface area contributed by atoms with Crippen LogP contribution in [0.4, 0.5) is 5.69 Å². The van der Waals surface area contributed by atoms with Gasteiger partial charge in [-0.15, -0.1) is 0 Å². The molecule has 4 nitrogen and oxygen atoms in total. The fourth-order valence-corrected chi connectivity index (χ4v) is 2.16. The third kappa shape index (κ3) is 2.12. The second kappa shape index (κ2) is 4.74. The van der Waals surface area contributed by atoms with Crippen LogP contribution in [0, 0.1) is 0 Å². The maximum atomic E-state index is 12.4. The lowest BCUT2D eigenvalue weighted by molar-refractivity contribution is 0.0989. The summed E-state index contributed by atoms with van der Waals surface area (Å²) >= 11 is 0. The van der Waals surface area contributed by atoms with Crippen molar-refractivity contribution in [1.82, 2.24) is 4.98 Å². The molecule has 1 amide bonds. The first-order valence-electron chi connectivity index (χ1n) is 6.30. The summed E-state index contributed by atoms with van der Waals surface area (Å²) in [4.78, 5) is 17.1. The first-order chi connectivity index (χ1) is 9.65. The number of carbonyl (C=O) groups is 1. The molecule has 2 N–H and O–H groups in total. The highest BCUT2D eigenvalue weighted by molar-refractivity contribution is 6.07. The van der Waals surface area contributed by atoms with E-state index in [0.717, 1.165) is 16.6 Å². The summed E-state index contributed by atoms with van der Waals surface area (Å²) in [6.45, 7) is 0. The second-order valence-electron chi connectivity index (χ2n) is 4.65. The molecule has 0 aliphatic heterocycles. The van der Waals surface area contributed by atoms with Gasteiger partial charge < -0.3 is 15.0 Å². The van der Waals surface area contributed by atoms with E-state index in [1.807, 2.05) is 30.3 Å². The fraction of sp³-hybridized carbons (Fsp3) is 0.0625. The van der Waals surface area contributed by atoms with Crippen LogP contribution >= 0.6 is 0 Å². The molecule has 0 bridgehead atoms. The average molecular weight is 266 g/mol. The van der Waals surface area contributed by atoms with Crippen LogP contribution in [-0.4, -0.2) is 23.0 Å². The Morgan fingerprint density at radius 3 is 2.50 bits per heavy atom. The number of H-pyrrole nitrogens is 1. The molecule has 0 saturated heterocycles. The van der Waals surface area contributed by atoms with E-state index in [1.54, 1.807) is 36.2 Å². The van der Waals surface area contributed by atoms with Crippen molar-refractivity contribution in [1.29, 1.82) is 0 Å². The number of hydrogen-bond acceptors (Lipinski definition) is 2. The highest BCUT2D eigenvalue weighted by atomic mass is 16.3. The van der Waals surface area contributed by atoms with E-state index in [1.165, 1.54) is 0 Å². The van der Waals surface area contributed by atoms with Gasteiger partial charge in [-0.25, -0.2) is 0 Å². The van der Waals surface area contributed by atoms with Crippen LogP contribution in [-0.2, 0) is 0 Å². The van der Waals surface area contributed by atoms with Crippen LogP contribution in [0.15, 0.2) is 54.6 Å². The van der Waals surface area contributed by atoms with Gasteiger partial charge in [0.15, 0.2) is 0 Å². The van der Waals surface area contributed by atoms with Crippen molar-refractivity contribution in [3.05, 3.63) is 60.3 Å². The van der Waals surface area contributed by atoms with Gasteiger partial charge in [0.25, 0.3) is 5.91 Å². The summed E-state index contributed by atoms with van der Waals surface area (Å²) in [5, 5.41) is 10.3. The minimum atomic E-state index is -0.119. The van der Waals surface area contributed by atoms with Crippen molar-refractivity contribution in [3.8, 4) is 5.75 Å². The number of amides is 1. The van der Waals surface area contributed by atoms with Crippen molar-refractivity contribution >= 4 is 22.5 Å². The normalized spacial score (nSPS) is 10.7. The van der Waals surface area contributed by atoms with Gasteiger partial charge in [-0.1, -0.05) is 18.2 Å². The highest BCUT2D eigenvalue weighted by Gasteiger charge is 2.15. The number of aromatic amines is 1. The molecule has 100 valence electrons. The van der Waals surface area contributed by atoms with Crippen LogP contribution in [0.1, 0.15) is 10.5 Å². The monoisotopic (exact) mass is 266 g/mol. The molecule has 0 atom stereocenters. The lowest BCUT2D eigenvalue weighted by Crippen LogP contribution is -2.26. The number of nitrogens with one attached hydrogen (secondary N) is 1. The summed E-state index contributed by atoms with van der Waals surface area (Å²) in [7, 11) is 1.71. The standard InChI is InChI=1S/C16H14N2O2/c1-18(12-6-8-13(19)9-7-12)16(20)15-10-11-4-2-3-5-14(11)17-15/h2-10,17,19H,1H3. The lowest BCUT2D eigenvalue weighted by atomic mass is 10.2. The highest BCUT2D eigenvalue weighted by Crippen LogP contribution is 2.21. The molecule has 20 heavy (non-hydrogen) atoms. The topological polar surface area (TPSA) is 56.3 Å². The summed E-state index contributed by atoms with van der Waals surface area (Å²) in [6.07, 6.45) is 0. The van der Waals surface area contributed by atoms with E-state index >= 15 is 0 Å². The van der Waals surface area contributed by atoms with E-state index in [9.17, 15) is 9.90 Å². The molecule has 0 spiro atoms. The predicted octanol–water partition coefficient (Wildman–Crippen LogP) is 3.15. The summed E-state index contributed by atoms with van der Waals surface area (Å²) in [5.74, 6) is 0.0621. The van der Waals surface area contributed by atoms with Crippen LogP contribution in [0.25, 0.3) is 10.9 Å². The number of anilines is 1. The zero-order valence-electron chi connectivity index (χ0n) is 11.0. The Balaban J connectivity index is 1.93. The Morgan fingerprint density at radius 1 is 1.10 bits per heavy atom. The number of phenolic OH excluding ortho intramolecular Hbond substituents is 1. The molecule has 0 aliphatic rings. The van der Waals surface area contributed by atoms with Crippen molar-refractivity contribution in [2.45, 2.75) is 0 Å². The molecule has 0 fully saturated rings. The minimum Gasteiger partial charge on any atom is -0.508 e. The number of nitrogens with zero attached hydrogens (tertiary/aromatic N) is 1. The van der Waals surface area contributed by atoms with Gasteiger partial charge >= 0.3 is 0 Å². The van der Waals surface area contributed by atoms with Crippen LogP contribution in [0.5, 0.6) is 5.75 Å². The Hall–Kier alpha value is -2.75. The van der Waals surface area contributed by atoms with Gasteiger partial charge in [0.05, 0.1) is 0 Å². The molecule has 0 saturated carbocycles. The number of benzene rings is 2. The molecular formula is C16H14N2O2. The van der Waals surface area contributed by atoms with Crippen LogP contribution < -0.4 is 4.90 Å². The zero-order chi connectivity index (χ0) is 14.1. The van der Waals surface area contributed by atoms with Gasteiger partial charge in [-0.3, -0.25) is 4.79 Å². The molecule has 1 heterocycles. The minimum absolute atomic E-state index is 0.119. The molecule has 0 unspecified atom stereocenters. The molecular weight excluding hydrogens is 252 g/mol. The van der Waals surface area contributed by atoms with Crippen molar-refractivity contribution < 1.29 is 9.90 Å². The summed E-state index contributed by atoms with van der Waals surface area (Å²) in [6, 6.07) is 16.1. The van der Waals surface area contributed by atoms with E-state index in [0.29, 0.717) is 5.69 Å². The Labute approximate surface area is 116 Å². The Morgan fingerprint density at radius 2 is 1.80 bits per heavy atom. The van der Waals surface area contributed by atoms with E-state index in [4.69, 9.17) is 0 Å². The zero-order valence-corrected chi connectivity index (χ0v) is 11.0. The van der Waals surface area contributed by atoms with E-state index in [-0.39, 0.29) is 11.7 Å². The maximum Gasteiger partial charge on any atom is 0.274 e. The van der Waals surface area contributed by atoms with Gasteiger partial charge in [-0.2, -0.15) is 0 Å². The Kier molecular flexibility index (Phi) is 2.91. The first-order valence-corrected chi connectivity index (χ1v) is 6.30. The summed E-state index contributed by atoms with van der Waals surface area (Å²) in [5.41, 5.74) is 2.21. The number of phenols is 1. The summed E-state index contributed by atoms with van der Waals surface area (Å²) < 4.78 is 0. The molecule has 3 aromatic rings. The maximum absolute atomic E-state index is 12.4. The second-order valence-corrected chi connectivity index (χ2v) is 4.65. The van der Waals surface area contributed by atoms with Gasteiger partial charge in [0.1, 0.15) is 11.4 Å². The SMILES string of the molecule is CN(C(=O)c1cc2ccccc2[nH]1)c1ccc(O)cc1. The number of rotatable bonds is 2. The lowest BCUT2D eigenvalue weighted by Gasteiger charge is -2.16. The molecule has 1 aromatic heterocycles. The fourth-order valence-electron chi connectivity index (χ4n) is 2.16. The third-order valence-electron chi connectivity index (χ3n) is 3.30. The third-order valence-corrected chi connectivity index (χ3v) is 3.30.